The minimum Gasteiger partial charge on any atom is -0.373 e. The fourth-order valence-corrected chi connectivity index (χ4v) is 1.95. The maximum Gasteiger partial charge on any atom is 0.139 e. The van der Waals surface area contributed by atoms with Gasteiger partial charge < -0.3 is 10.6 Å². The van der Waals surface area contributed by atoms with E-state index in [1.807, 2.05) is 26.1 Å². The number of aryl methyl sites for hydroxylation is 2. The highest BCUT2D eigenvalue weighted by atomic mass is 15.1. The molecule has 2 N–H and O–H groups in total. The lowest BCUT2D eigenvalue weighted by Crippen LogP contribution is -2.06. The van der Waals surface area contributed by atoms with Crippen LogP contribution in [0.25, 0.3) is 0 Å². The number of benzene rings is 1. The van der Waals surface area contributed by atoms with Crippen LogP contribution in [0.1, 0.15) is 23.9 Å². The summed E-state index contributed by atoms with van der Waals surface area (Å²) < 4.78 is 0. The van der Waals surface area contributed by atoms with Crippen molar-refractivity contribution in [2.75, 3.05) is 17.7 Å². The summed E-state index contributed by atoms with van der Waals surface area (Å²) in [6, 6.07) is 8.26. The lowest BCUT2D eigenvalue weighted by Gasteiger charge is -2.13. The lowest BCUT2D eigenvalue weighted by molar-refractivity contribution is 0.935. The number of anilines is 3. The summed E-state index contributed by atoms with van der Waals surface area (Å²) in [4.78, 5) is 9.03. The molecule has 0 unspecified atom stereocenters. The van der Waals surface area contributed by atoms with Gasteiger partial charge in [0, 0.05) is 24.7 Å². The first kappa shape index (κ1) is 13.3. The molecule has 0 atom stereocenters. The van der Waals surface area contributed by atoms with Gasteiger partial charge in [0.05, 0.1) is 0 Å². The van der Waals surface area contributed by atoms with Crippen molar-refractivity contribution in [1.82, 2.24) is 9.97 Å². The van der Waals surface area contributed by atoms with Crippen LogP contribution in [0.5, 0.6) is 0 Å². The summed E-state index contributed by atoms with van der Waals surface area (Å²) >= 11 is 0. The van der Waals surface area contributed by atoms with Crippen molar-refractivity contribution >= 4 is 17.3 Å². The SMILES string of the molecule is CCc1nc(NC)c(C)c(Nc2cccc(C)c2)n1. The number of aromatic nitrogens is 2. The molecule has 0 saturated carbocycles. The highest BCUT2D eigenvalue weighted by Crippen LogP contribution is 2.23. The molecule has 0 fully saturated rings. The van der Waals surface area contributed by atoms with Crippen LogP contribution in [0.2, 0.25) is 0 Å². The van der Waals surface area contributed by atoms with Crippen LogP contribution >= 0.6 is 0 Å². The summed E-state index contributed by atoms with van der Waals surface area (Å²) in [7, 11) is 1.88. The van der Waals surface area contributed by atoms with Gasteiger partial charge in [0.2, 0.25) is 0 Å². The van der Waals surface area contributed by atoms with E-state index >= 15 is 0 Å². The highest BCUT2D eigenvalue weighted by Gasteiger charge is 2.09. The molecule has 4 heteroatoms. The Labute approximate surface area is 114 Å². The first-order valence-corrected chi connectivity index (χ1v) is 6.53. The van der Waals surface area contributed by atoms with Crippen LogP contribution in [0.3, 0.4) is 0 Å². The lowest BCUT2D eigenvalue weighted by atomic mass is 10.2. The van der Waals surface area contributed by atoms with Gasteiger partial charge in [0.25, 0.3) is 0 Å². The van der Waals surface area contributed by atoms with E-state index in [2.05, 4.69) is 46.6 Å². The second-order valence-corrected chi connectivity index (χ2v) is 4.56. The zero-order chi connectivity index (χ0) is 13.8. The molecule has 0 saturated heterocycles. The summed E-state index contributed by atoms with van der Waals surface area (Å²) in [5, 5.41) is 6.49. The molecule has 2 rings (SSSR count). The molecule has 1 aromatic heterocycles. The smallest absolute Gasteiger partial charge is 0.139 e. The standard InChI is InChI=1S/C15H20N4/c1-5-13-18-14(16-4)11(3)15(19-13)17-12-8-6-7-10(2)9-12/h6-9H,5H2,1-4H3,(H2,16,17,18,19). The maximum atomic E-state index is 4.56. The van der Waals surface area contributed by atoms with E-state index < -0.39 is 0 Å². The van der Waals surface area contributed by atoms with E-state index in [0.717, 1.165) is 35.1 Å². The minimum atomic E-state index is 0.817. The van der Waals surface area contributed by atoms with E-state index in [4.69, 9.17) is 0 Å². The number of nitrogens with zero attached hydrogens (tertiary/aromatic N) is 2. The normalized spacial score (nSPS) is 10.3. The molecule has 0 aliphatic heterocycles. The molecule has 0 aliphatic carbocycles. The Morgan fingerprint density at radius 2 is 1.84 bits per heavy atom. The van der Waals surface area contributed by atoms with Crippen molar-refractivity contribution in [3.8, 4) is 0 Å². The van der Waals surface area contributed by atoms with Crippen molar-refractivity contribution in [3.05, 3.63) is 41.2 Å². The Bertz CT molecular complexity index is 578. The molecule has 0 bridgehead atoms. The van der Waals surface area contributed by atoms with Crippen molar-refractivity contribution in [3.63, 3.8) is 0 Å². The summed E-state index contributed by atoms with van der Waals surface area (Å²) in [5.41, 5.74) is 3.30. The molecule has 1 aromatic carbocycles. The molecule has 0 amide bonds. The van der Waals surface area contributed by atoms with Crippen molar-refractivity contribution < 1.29 is 0 Å². The average Bonchev–Trinajstić information content (AvgIpc) is 2.41. The third-order valence-corrected chi connectivity index (χ3v) is 3.03. The Morgan fingerprint density at radius 1 is 1.11 bits per heavy atom. The highest BCUT2D eigenvalue weighted by molar-refractivity contribution is 5.65. The fraction of sp³-hybridized carbons (Fsp3) is 0.333. The number of hydrogen-bond acceptors (Lipinski definition) is 4. The largest absolute Gasteiger partial charge is 0.373 e. The predicted octanol–water partition coefficient (Wildman–Crippen LogP) is 3.44. The number of rotatable bonds is 4. The molecular weight excluding hydrogens is 236 g/mol. The third kappa shape index (κ3) is 3.02. The monoisotopic (exact) mass is 256 g/mol. The molecule has 4 nitrogen and oxygen atoms in total. The second kappa shape index (κ2) is 5.69. The summed E-state index contributed by atoms with van der Waals surface area (Å²) in [5.74, 6) is 2.58. The van der Waals surface area contributed by atoms with E-state index in [0.29, 0.717) is 0 Å². The molecule has 1 heterocycles. The maximum absolute atomic E-state index is 4.56. The Balaban J connectivity index is 2.38. The van der Waals surface area contributed by atoms with Crippen LogP contribution in [-0.4, -0.2) is 17.0 Å². The van der Waals surface area contributed by atoms with Gasteiger partial charge in [0.15, 0.2) is 0 Å². The number of nitrogens with one attached hydrogen (secondary N) is 2. The third-order valence-electron chi connectivity index (χ3n) is 3.03. The quantitative estimate of drug-likeness (QED) is 0.879. The molecule has 0 radical (unpaired) electrons. The fourth-order valence-electron chi connectivity index (χ4n) is 1.95. The predicted molar refractivity (Wildman–Crippen MR) is 80.2 cm³/mol. The van der Waals surface area contributed by atoms with Crippen LogP contribution < -0.4 is 10.6 Å². The van der Waals surface area contributed by atoms with Crippen molar-refractivity contribution in [2.45, 2.75) is 27.2 Å². The van der Waals surface area contributed by atoms with Gasteiger partial charge in [-0.05, 0) is 31.5 Å². The zero-order valence-corrected chi connectivity index (χ0v) is 11.9. The number of hydrogen-bond donors (Lipinski definition) is 2. The van der Waals surface area contributed by atoms with Gasteiger partial charge in [-0.1, -0.05) is 19.1 Å². The van der Waals surface area contributed by atoms with Gasteiger partial charge in [-0.15, -0.1) is 0 Å². The molecule has 0 spiro atoms. The van der Waals surface area contributed by atoms with Crippen molar-refractivity contribution in [1.29, 1.82) is 0 Å². The molecule has 0 aliphatic rings. The molecule has 100 valence electrons. The minimum absolute atomic E-state index is 0.817. The van der Waals surface area contributed by atoms with Gasteiger partial charge in [-0.25, -0.2) is 9.97 Å². The van der Waals surface area contributed by atoms with Crippen LogP contribution in [0.4, 0.5) is 17.3 Å². The first-order chi connectivity index (χ1) is 9.13. The van der Waals surface area contributed by atoms with Gasteiger partial charge in [-0.2, -0.15) is 0 Å². The zero-order valence-electron chi connectivity index (χ0n) is 11.9. The Hall–Kier alpha value is -2.10. The van der Waals surface area contributed by atoms with Gasteiger partial charge in [-0.3, -0.25) is 0 Å². The van der Waals surface area contributed by atoms with Crippen LogP contribution in [0.15, 0.2) is 24.3 Å². The van der Waals surface area contributed by atoms with Crippen molar-refractivity contribution in [2.24, 2.45) is 0 Å². The first-order valence-electron chi connectivity index (χ1n) is 6.53. The van der Waals surface area contributed by atoms with Gasteiger partial charge >= 0.3 is 0 Å². The molecule has 19 heavy (non-hydrogen) atoms. The molecule has 2 aromatic rings. The topological polar surface area (TPSA) is 49.8 Å². The summed E-state index contributed by atoms with van der Waals surface area (Å²) in [6.07, 6.45) is 0.817. The van der Waals surface area contributed by atoms with Crippen LogP contribution in [0, 0.1) is 13.8 Å². The Kier molecular flexibility index (Phi) is 4.00. The molecular formula is C15H20N4. The summed E-state index contributed by atoms with van der Waals surface area (Å²) in [6.45, 7) is 6.15. The van der Waals surface area contributed by atoms with E-state index in [-0.39, 0.29) is 0 Å². The van der Waals surface area contributed by atoms with E-state index in [9.17, 15) is 0 Å². The van der Waals surface area contributed by atoms with E-state index in [1.54, 1.807) is 0 Å². The second-order valence-electron chi connectivity index (χ2n) is 4.56. The van der Waals surface area contributed by atoms with E-state index in [1.165, 1.54) is 5.56 Å². The van der Waals surface area contributed by atoms with Gasteiger partial charge in [0.1, 0.15) is 17.5 Å². The van der Waals surface area contributed by atoms with Crippen LogP contribution in [-0.2, 0) is 6.42 Å². The average molecular weight is 256 g/mol. The Morgan fingerprint density at radius 3 is 2.47 bits per heavy atom.